The van der Waals surface area contributed by atoms with E-state index in [0.29, 0.717) is 37.0 Å². The highest BCUT2D eigenvalue weighted by Crippen LogP contribution is 2.42. The van der Waals surface area contributed by atoms with Gasteiger partial charge in [-0.25, -0.2) is 0 Å². The van der Waals surface area contributed by atoms with Gasteiger partial charge in [-0.15, -0.1) is 0 Å². The molecule has 4 N–H and O–H groups in total. The first-order valence-electron chi connectivity index (χ1n) is 13.3. The number of rotatable bonds is 13. The third-order valence-electron chi connectivity index (χ3n) is 7.65. The van der Waals surface area contributed by atoms with Gasteiger partial charge in [0.25, 0.3) is 0 Å². The highest BCUT2D eigenvalue weighted by molar-refractivity contribution is 5.66. The van der Waals surface area contributed by atoms with Crippen LogP contribution in [-0.4, -0.2) is 61.3 Å². The van der Waals surface area contributed by atoms with E-state index < -0.39 is 6.10 Å². The zero-order chi connectivity index (χ0) is 25.1. The zero-order valence-corrected chi connectivity index (χ0v) is 21.7. The normalized spacial score (nSPS) is 31.5. The number of aliphatic hydroxyl groups excluding tert-OH is 1. The maximum Gasteiger partial charge on any atom is 0.302 e. The van der Waals surface area contributed by atoms with E-state index in [-0.39, 0.29) is 36.4 Å². The van der Waals surface area contributed by atoms with E-state index in [9.17, 15) is 14.7 Å². The lowest BCUT2D eigenvalue weighted by molar-refractivity contribution is -0.153. The van der Waals surface area contributed by atoms with Gasteiger partial charge in [-0.2, -0.15) is 0 Å². The average Bonchev–Trinajstić information content (AvgIpc) is 2.77. The number of carbonyl (C=O) groups is 2. The molecule has 8 nitrogen and oxygen atoms in total. The SMILES string of the molecule is CCCCCC(CC(CCC1CC(OC)C(O)CC1C1CCNC(N)C1)OC(C)=O)OC(C)=O. The summed E-state index contributed by atoms with van der Waals surface area (Å²) in [5, 5.41) is 14.0. The molecule has 1 aliphatic heterocycles. The van der Waals surface area contributed by atoms with Gasteiger partial charge in [-0.3, -0.25) is 9.59 Å². The quantitative estimate of drug-likeness (QED) is 0.269. The highest BCUT2D eigenvalue weighted by Gasteiger charge is 2.41. The van der Waals surface area contributed by atoms with Gasteiger partial charge < -0.3 is 30.4 Å². The molecule has 0 aromatic heterocycles. The number of aliphatic hydroxyl groups is 1. The van der Waals surface area contributed by atoms with Gasteiger partial charge in [-0.1, -0.05) is 19.8 Å². The van der Waals surface area contributed by atoms with Crippen molar-refractivity contribution in [2.75, 3.05) is 13.7 Å². The molecule has 198 valence electrons. The first-order valence-corrected chi connectivity index (χ1v) is 13.3. The van der Waals surface area contributed by atoms with Gasteiger partial charge >= 0.3 is 11.9 Å². The molecule has 0 aromatic carbocycles. The van der Waals surface area contributed by atoms with Crippen LogP contribution in [0.15, 0.2) is 0 Å². The van der Waals surface area contributed by atoms with Crippen molar-refractivity contribution in [1.29, 1.82) is 0 Å². The van der Waals surface area contributed by atoms with Crippen molar-refractivity contribution in [2.45, 2.75) is 122 Å². The number of nitrogens with one attached hydrogen (secondary N) is 1. The van der Waals surface area contributed by atoms with Crippen LogP contribution in [0, 0.1) is 17.8 Å². The number of hydrogen-bond donors (Lipinski definition) is 3. The van der Waals surface area contributed by atoms with Crippen molar-refractivity contribution in [3.63, 3.8) is 0 Å². The van der Waals surface area contributed by atoms with Gasteiger partial charge in [0.1, 0.15) is 12.2 Å². The van der Waals surface area contributed by atoms with Crippen molar-refractivity contribution < 1.29 is 28.9 Å². The Bertz CT molecular complexity index is 618. The van der Waals surface area contributed by atoms with Crippen molar-refractivity contribution in [2.24, 2.45) is 23.5 Å². The van der Waals surface area contributed by atoms with Gasteiger partial charge in [0.2, 0.25) is 0 Å². The Labute approximate surface area is 205 Å². The van der Waals surface area contributed by atoms with E-state index in [0.717, 1.165) is 57.9 Å². The zero-order valence-electron chi connectivity index (χ0n) is 21.7. The second kappa shape index (κ2) is 15.0. The minimum absolute atomic E-state index is 0.00176. The molecular formula is C26H48N2O6. The molecule has 1 saturated heterocycles. The maximum absolute atomic E-state index is 11.9. The summed E-state index contributed by atoms with van der Waals surface area (Å²) in [7, 11) is 1.66. The lowest BCUT2D eigenvalue weighted by Crippen LogP contribution is -2.49. The summed E-state index contributed by atoms with van der Waals surface area (Å²) in [6.45, 7) is 5.90. The second-order valence-electron chi connectivity index (χ2n) is 10.4. The summed E-state index contributed by atoms with van der Waals surface area (Å²) in [6, 6.07) is 0. The minimum Gasteiger partial charge on any atom is -0.462 e. The fourth-order valence-corrected chi connectivity index (χ4v) is 6.02. The molecular weight excluding hydrogens is 436 g/mol. The van der Waals surface area contributed by atoms with Gasteiger partial charge in [0, 0.05) is 27.4 Å². The molecule has 0 amide bonds. The number of piperidine rings is 1. The first-order chi connectivity index (χ1) is 16.2. The van der Waals surface area contributed by atoms with Crippen molar-refractivity contribution in [3.05, 3.63) is 0 Å². The van der Waals surface area contributed by atoms with Crippen LogP contribution >= 0.6 is 0 Å². The summed E-state index contributed by atoms with van der Waals surface area (Å²) < 4.78 is 16.9. The fourth-order valence-electron chi connectivity index (χ4n) is 6.02. The number of methoxy groups -OCH3 is 1. The predicted molar refractivity (Wildman–Crippen MR) is 131 cm³/mol. The Balaban J connectivity index is 2.07. The largest absolute Gasteiger partial charge is 0.462 e. The third-order valence-corrected chi connectivity index (χ3v) is 7.65. The van der Waals surface area contributed by atoms with E-state index in [1.54, 1.807) is 7.11 Å². The van der Waals surface area contributed by atoms with Gasteiger partial charge in [-0.05, 0) is 75.7 Å². The monoisotopic (exact) mass is 484 g/mol. The van der Waals surface area contributed by atoms with Crippen LogP contribution < -0.4 is 11.1 Å². The second-order valence-corrected chi connectivity index (χ2v) is 10.4. The predicted octanol–water partition coefficient (Wildman–Crippen LogP) is 3.29. The fraction of sp³-hybridized carbons (Fsp3) is 0.923. The minimum atomic E-state index is -0.464. The van der Waals surface area contributed by atoms with Crippen LogP contribution in [0.4, 0.5) is 0 Å². The summed E-state index contributed by atoms with van der Waals surface area (Å²) >= 11 is 0. The van der Waals surface area contributed by atoms with Crippen molar-refractivity contribution in [3.8, 4) is 0 Å². The van der Waals surface area contributed by atoms with Crippen LogP contribution in [0.2, 0.25) is 0 Å². The molecule has 2 rings (SSSR count). The maximum atomic E-state index is 11.9. The Morgan fingerprint density at radius 3 is 2.32 bits per heavy atom. The molecule has 1 saturated carbocycles. The highest BCUT2D eigenvalue weighted by atomic mass is 16.6. The van der Waals surface area contributed by atoms with E-state index in [1.807, 2.05) is 0 Å². The lowest BCUT2D eigenvalue weighted by Gasteiger charge is -2.45. The van der Waals surface area contributed by atoms with Crippen LogP contribution in [-0.2, 0) is 23.8 Å². The van der Waals surface area contributed by atoms with Crippen molar-refractivity contribution in [1.82, 2.24) is 5.32 Å². The smallest absolute Gasteiger partial charge is 0.302 e. The summed E-state index contributed by atoms with van der Waals surface area (Å²) in [4.78, 5) is 23.5. The first kappa shape index (κ1) is 29.0. The van der Waals surface area contributed by atoms with Crippen molar-refractivity contribution >= 4 is 11.9 Å². The van der Waals surface area contributed by atoms with E-state index in [4.69, 9.17) is 19.9 Å². The third kappa shape index (κ3) is 9.80. The van der Waals surface area contributed by atoms with Gasteiger partial charge in [0.05, 0.1) is 18.4 Å². The molecule has 0 bridgehead atoms. The van der Waals surface area contributed by atoms with E-state index in [2.05, 4.69) is 12.2 Å². The molecule has 8 atom stereocenters. The molecule has 0 spiro atoms. The van der Waals surface area contributed by atoms with E-state index >= 15 is 0 Å². The number of ether oxygens (including phenoxy) is 3. The van der Waals surface area contributed by atoms with Crippen LogP contribution in [0.1, 0.15) is 91.4 Å². The van der Waals surface area contributed by atoms with Gasteiger partial charge in [0.15, 0.2) is 0 Å². The Morgan fingerprint density at radius 2 is 1.74 bits per heavy atom. The summed E-state index contributed by atoms with van der Waals surface area (Å²) in [6.07, 6.45) is 8.32. The molecule has 8 unspecified atom stereocenters. The number of unbranched alkanes of at least 4 members (excludes halogenated alkanes) is 2. The number of nitrogens with two attached hydrogens (primary N) is 1. The molecule has 1 heterocycles. The summed E-state index contributed by atoms with van der Waals surface area (Å²) in [5.74, 6) is 0.573. The molecule has 2 fully saturated rings. The number of carbonyl (C=O) groups excluding carboxylic acids is 2. The molecule has 34 heavy (non-hydrogen) atoms. The van der Waals surface area contributed by atoms with Crippen LogP contribution in [0.25, 0.3) is 0 Å². The number of esters is 2. The number of hydrogen-bond acceptors (Lipinski definition) is 8. The van der Waals surface area contributed by atoms with Crippen LogP contribution in [0.3, 0.4) is 0 Å². The molecule has 0 aromatic rings. The lowest BCUT2D eigenvalue weighted by atomic mass is 9.66. The van der Waals surface area contributed by atoms with E-state index in [1.165, 1.54) is 13.8 Å². The Kier molecular flexibility index (Phi) is 12.8. The van der Waals surface area contributed by atoms with Crippen LogP contribution in [0.5, 0.6) is 0 Å². The molecule has 8 heteroatoms. The average molecular weight is 485 g/mol. The Morgan fingerprint density at radius 1 is 1.06 bits per heavy atom. The summed E-state index contributed by atoms with van der Waals surface area (Å²) in [5.41, 5.74) is 6.19. The standard InChI is InChI=1S/C26H48N2O6/c1-5-6-7-8-21(33-17(2)29)15-22(34-18(3)30)10-9-19-13-25(32-4)24(31)16-23(19)20-11-12-28-26(27)14-20/h19-26,28,31H,5-16,27H2,1-4H3. The molecule has 0 radical (unpaired) electrons. The molecule has 1 aliphatic carbocycles. The topological polar surface area (TPSA) is 120 Å². The molecule has 2 aliphatic rings. The Hall–Kier alpha value is -1.22.